The van der Waals surface area contributed by atoms with Gasteiger partial charge in [-0.1, -0.05) is 34.1 Å². The molecule has 1 N–H and O–H groups in total. The molecule has 0 aromatic heterocycles. The van der Waals surface area contributed by atoms with E-state index in [1.807, 2.05) is 25.1 Å². The quantitative estimate of drug-likeness (QED) is 0.787. The van der Waals surface area contributed by atoms with Gasteiger partial charge in [0.2, 0.25) is 0 Å². The second-order valence-corrected chi connectivity index (χ2v) is 5.31. The molecule has 0 saturated carbocycles. The van der Waals surface area contributed by atoms with Crippen LogP contribution in [0.15, 0.2) is 46.9 Å². The first kappa shape index (κ1) is 14.9. The topological polar surface area (TPSA) is 12.0 Å². The average molecular weight is 344 g/mol. The first-order valence-corrected chi connectivity index (χ1v) is 6.82. The highest BCUT2D eigenvalue weighted by molar-refractivity contribution is 9.10. The van der Waals surface area contributed by atoms with Crippen LogP contribution in [0.1, 0.15) is 16.7 Å². The number of benzene rings is 2. The van der Waals surface area contributed by atoms with Gasteiger partial charge in [-0.05, 0) is 42.3 Å². The fourth-order valence-electron chi connectivity index (χ4n) is 1.81. The maximum absolute atomic E-state index is 12.4. The van der Waals surface area contributed by atoms with Crippen LogP contribution in [0.5, 0.6) is 0 Å². The second-order valence-electron chi connectivity index (χ2n) is 4.46. The van der Waals surface area contributed by atoms with Crippen LogP contribution in [-0.2, 0) is 12.7 Å². The Bertz CT molecular complexity index is 591. The van der Waals surface area contributed by atoms with Crippen LogP contribution < -0.4 is 5.32 Å². The second kappa shape index (κ2) is 5.87. The minimum atomic E-state index is -4.28. The number of hydrogen-bond acceptors (Lipinski definition) is 1. The summed E-state index contributed by atoms with van der Waals surface area (Å²) >= 11 is 3.44. The fraction of sp³-hybridized carbons (Fsp3) is 0.200. The van der Waals surface area contributed by atoms with Gasteiger partial charge in [-0.2, -0.15) is 13.2 Å². The smallest absolute Gasteiger partial charge is 0.381 e. The summed E-state index contributed by atoms with van der Waals surface area (Å²) in [4.78, 5) is 0. The fourth-order valence-corrected chi connectivity index (χ4v) is 2.17. The number of alkyl halides is 3. The van der Waals surface area contributed by atoms with E-state index < -0.39 is 11.7 Å². The van der Waals surface area contributed by atoms with E-state index in [2.05, 4.69) is 21.2 Å². The molecule has 0 aliphatic heterocycles. The molecule has 0 unspecified atom stereocenters. The Kier molecular flexibility index (Phi) is 4.38. The largest absolute Gasteiger partial charge is 0.416 e. The maximum Gasteiger partial charge on any atom is 0.416 e. The molecule has 0 atom stereocenters. The average Bonchev–Trinajstić information content (AvgIpc) is 2.40. The molecule has 106 valence electrons. The Labute approximate surface area is 123 Å². The first-order chi connectivity index (χ1) is 9.38. The van der Waals surface area contributed by atoms with E-state index in [0.29, 0.717) is 6.54 Å². The predicted octanol–water partition coefficient (Wildman–Crippen LogP) is 5.39. The third kappa shape index (κ3) is 3.54. The molecule has 1 nitrogen and oxygen atoms in total. The van der Waals surface area contributed by atoms with Crippen LogP contribution in [0.3, 0.4) is 0 Å². The zero-order chi connectivity index (χ0) is 14.8. The summed E-state index contributed by atoms with van der Waals surface area (Å²) in [5.74, 6) is 0. The highest BCUT2D eigenvalue weighted by Gasteiger charge is 2.29. The van der Waals surface area contributed by atoms with Crippen molar-refractivity contribution in [1.29, 1.82) is 0 Å². The molecule has 0 saturated heterocycles. The van der Waals surface area contributed by atoms with Crippen molar-refractivity contribution in [3.63, 3.8) is 0 Å². The van der Waals surface area contributed by atoms with Gasteiger partial charge in [0.25, 0.3) is 0 Å². The molecule has 5 heteroatoms. The molecule has 2 aromatic carbocycles. The Morgan fingerprint density at radius 3 is 2.30 bits per heavy atom. The zero-order valence-electron chi connectivity index (χ0n) is 10.8. The summed E-state index contributed by atoms with van der Waals surface area (Å²) in [6, 6.07) is 11.0. The van der Waals surface area contributed by atoms with E-state index in [4.69, 9.17) is 0 Å². The van der Waals surface area contributed by atoms with Gasteiger partial charge in [0, 0.05) is 16.7 Å². The lowest BCUT2D eigenvalue weighted by atomic mass is 10.1. The van der Waals surface area contributed by atoms with Crippen molar-refractivity contribution in [3.8, 4) is 0 Å². The predicted molar refractivity (Wildman–Crippen MR) is 77.6 cm³/mol. The molecule has 0 amide bonds. The molecule has 2 rings (SSSR count). The Morgan fingerprint density at radius 2 is 1.70 bits per heavy atom. The van der Waals surface area contributed by atoms with Crippen molar-refractivity contribution in [1.82, 2.24) is 0 Å². The molecule has 0 heterocycles. The zero-order valence-corrected chi connectivity index (χ0v) is 12.3. The molecule has 20 heavy (non-hydrogen) atoms. The number of anilines is 1. The van der Waals surface area contributed by atoms with Crippen LogP contribution >= 0.6 is 15.9 Å². The minimum absolute atomic E-state index is 0.482. The molecule has 0 aliphatic rings. The van der Waals surface area contributed by atoms with Crippen molar-refractivity contribution in [2.24, 2.45) is 0 Å². The number of hydrogen-bond donors (Lipinski definition) is 1. The van der Waals surface area contributed by atoms with Gasteiger partial charge in [0.05, 0.1) is 5.56 Å². The standard InChI is InChI=1S/C15H13BrF3N/c1-10-13(16)3-2-4-14(10)20-9-11-5-7-12(8-6-11)15(17,18)19/h2-8,20H,9H2,1H3. The lowest BCUT2D eigenvalue weighted by molar-refractivity contribution is -0.137. The summed E-state index contributed by atoms with van der Waals surface area (Å²) in [7, 11) is 0. The summed E-state index contributed by atoms with van der Waals surface area (Å²) in [6.45, 7) is 2.45. The van der Waals surface area contributed by atoms with Gasteiger partial charge in [-0.15, -0.1) is 0 Å². The van der Waals surface area contributed by atoms with Crippen molar-refractivity contribution >= 4 is 21.6 Å². The molecule has 2 aromatic rings. The van der Waals surface area contributed by atoms with Crippen molar-refractivity contribution < 1.29 is 13.2 Å². The molecule has 0 spiro atoms. The Hall–Kier alpha value is -1.49. The van der Waals surface area contributed by atoms with E-state index in [1.165, 1.54) is 12.1 Å². The van der Waals surface area contributed by atoms with Gasteiger partial charge < -0.3 is 5.32 Å². The van der Waals surface area contributed by atoms with Crippen molar-refractivity contribution in [3.05, 3.63) is 63.6 Å². The van der Waals surface area contributed by atoms with Crippen molar-refractivity contribution in [2.45, 2.75) is 19.6 Å². The maximum atomic E-state index is 12.4. The van der Waals surface area contributed by atoms with Gasteiger partial charge in [0.1, 0.15) is 0 Å². The van der Waals surface area contributed by atoms with Gasteiger partial charge >= 0.3 is 6.18 Å². The highest BCUT2D eigenvalue weighted by Crippen LogP contribution is 2.29. The molecular formula is C15H13BrF3N. The number of nitrogens with one attached hydrogen (secondary N) is 1. The summed E-state index contributed by atoms with van der Waals surface area (Å²) in [5.41, 5.74) is 2.20. The van der Waals surface area contributed by atoms with Crippen LogP contribution in [0.4, 0.5) is 18.9 Å². The van der Waals surface area contributed by atoms with Crippen LogP contribution in [0, 0.1) is 6.92 Å². The minimum Gasteiger partial charge on any atom is -0.381 e. The van der Waals surface area contributed by atoms with Crippen LogP contribution in [-0.4, -0.2) is 0 Å². The SMILES string of the molecule is Cc1c(Br)cccc1NCc1ccc(C(F)(F)F)cc1. The Balaban J connectivity index is 2.06. The molecular weight excluding hydrogens is 331 g/mol. The summed E-state index contributed by atoms with van der Waals surface area (Å²) in [5, 5.41) is 3.22. The Morgan fingerprint density at radius 1 is 1.05 bits per heavy atom. The summed E-state index contributed by atoms with van der Waals surface area (Å²) < 4.78 is 38.3. The van der Waals surface area contributed by atoms with E-state index in [-0.39, 0.29) is 0 Å². The molecule has 0 fully saturated rings. The van der Waals surface area contributed by atoms with E-state index in [1.54, 1.807) is 0 Å². The van der Waals surface area contributed by atoms with E-state index in [0.717, 1.165) is 33.4 Å². The normalized spacial score (nSPS) is 11.4. The van der Waals surface area contributed by atoms with E-state index in [9.17, 15) is 13.2 Å². The highest BCUT2D eigenvalue weighted by atomic mass is 79.9. The van der Waals surface area contributed by atoms with Gasteiger partial charge in [-0.25, -0.2) is 0 Å². The lowest BCUT2D eigenvalue weighted by Gasteiger charge is -2.12. The third-order valence-corrected chi connectivity index (χ3v) is 3.89. The van der Waals surface area contributed by atoms with Crippen molar-refractivity contribution in [2.75, 3.05) is 5.32 Å². The molecule has 0 radical (unpaired) electrons. The van der Waals surface area contributed by atoms with Gasteiger partial charge in [0.15, 0.2) is 0 Å². The molecule has 0 aliphatic carbocycles. The third-order valence-electron chi connectivity index (χ3n) is 3.03. The first-order valence-electron chi connectivity index (χ1n) is 6.03. The van der Waals surface area contributed by atoms with Crippen LogP contribution in [0.2, 0.25) is 0 Å². The van der Waals surface area contributed by atoms with Gasteiger partial charge in [-0.3, -0.25) is 0 Å². The van der Waals surface area contributed by atoms with Crippen LogP contribution in [0.25, 0.3) is 0 Å². The number of halogens is 4. The monoisotopic (exact) mass is 343 g/mol. The summed E-state index contributed by atoms with van der Waals surface area (Å²) in [6.07, 6.45) is -4.28. The van der Waals surface area contributed by atoms with E-state index >= 15 is 0 Å². The molecule has 0 bridgehead atoms. The number of rotatable bonds is 3. The lowest BCUT2D eigenvalue weighted by Crippen LogP contribution is -2.06.